The zero-order valence-electron chi connectivity index (χ0n) is 6.46. The van der Waals surface area contributed by atoms with Gasteiger partial charge in [0, 0.05) is 13.6 Å². The zero-order valence-corrected chi connectivity index (χ0v) is 6.46. The maximum absolute atomic E-state index is 10.4. The van der Waals surface area contributed by atoms with Gasteiger partial charge in [0.05, 0.1) is 6.42 Å². The van der Waals surface area contributed by atoms with E-state index in [9.17, 15) is 4.79 Å². The third kappa shape index (κ3) is 5.40. The molecule has 0 aromatic heterocycles. The minimum absolute atomic E-state index is 0.236. The molecule has 4 heteroatoms. The van der Waals surface area contributed by atoms with Crippen molar-refractivity contribution in [1.82, 2.24) is 5.32 Å². The summed E-state index contributed by atoms with van der Waals surface area (Å²) >= 11 is 0. The van der Waals surface area contributed by atoms with E-state index in [0.29, 0.717) is 6.42 Å². The van der Waals surface area contributed by atoms with Crippen LogP contribution in [0.1, 0.15) is 13.3 Å². The predicted molar refractivity (Wildman–Crippen MR) is 41.2 cm³/mol. The van der Waals surface area contributed by atoms with E-state index >= 15 is 0 Å². The van der Waals surface area contributed by atoms with Crippen molar-refractivity contribution in [3.63, 3.8) is 0 Å². The Morgan fingerprint density at radius 3 is 2.91 bits per heavy atom. The lowest BCUT2D eigenvalue weighted by Crippen LogP contribution is -2.36. The standard InChI is InChI=1S/C7H12N2O2/c1-3-4-7(9-5-8)11-6(2)10/h1,7,9H,4-5,8H2,2H3. The van der Waals surface area contributed by atoms with Crippen LogP contribution in [0.5, 0.6) is 0 Å². The molecular formula is C7H12N2O2. The van der Waals surface area contributed by atoms with Crippen molar-refractivity contribution in [2.75, 3.05) is 6.67 Å². The van der Waals surface area contributed by atoms with Crippen LogP contribution in [0.4, 0.5) is 0 Å². The Hall–Kier alpha value is -1.05. The van der Waals surface area contributed by atoms with Crippen molar-refractivity contribution < 1.29 is 9.53 Å². The Bertz CT molecular complexity index is 162. The minimum Gasteiger partial charge on any atom is -0.446 e. The maximum atomic E-state index is 10.4. The Morgan fingerprint density at radius 2 is 2.55 bits per heavy atom. The predicted octanol–water partition coefficient (Wildman–Crippen LogP) is -0.595. The van der Waals surface area contributed by atoms with Crippen molar-refractivity contribution >= 4 is 5.97 Å². The van der Waals surface area contributed by atoms with Crippen molar-refractivity contribution in [2.24, 2.45) is 5.73 Å². The number of rotatable bonds is 4. The topological polar surface area (TPSA) is 64.3 Å². The number of nitrogens with two attached hydrogens (primary N) is 1. The molecule has 11 heavy (non-hydrogen) atoms. The van der Waals surface area contributed by atoms with Gasteiger partial charge in [-0.05, 0) is 0 Å². The number of hydrogen-bond donors (Lipinski definition) is 2. The molecular weight excluding hydrogens is 144 g/mol. The molecule has 1 unspecified atom stereocenters. The molecule has 0 amide bonds. The molecule has 0 aromatic rings. The van der Waals surface area contributed by atoms with Gasteiger partial charge in [0.1, 0.15) is 0 Å². The summed E-state index contributed by atoms with van der Waals surface area (Å²) in [6, 6.07) is 0. The molecule has 0 aliphatic carbocycles. The van der Waals surface area contributed by atoms with Gasteiger partial charge in [-0.3, -0.25) is 10.1 Å². The molecule has 3 N–H and O–H groups in total. The second-order valence-corrected chi connectivity index (χ2v) is 1.91. The van der Waals surface area contributed by atoms with Crippen molar-refractivity contribution in [3.05, 3.63) is 0 Å². The summed E-state index contributed by atoms with van der Waals surface area (Å²) in [6.45, 7) is 1.56. The van der Waals surface area contributed by atoms with Crippen LogP contribution in [0, 0.1) is 12.3 Å². The lowest BCUT2D eigenvalue weighted by atomic mass is 10.4. The van der Waals surface area contributed by atoms with Gasteiger partial charge in [0.2, 0.25) is 0 Å². The second kappa shape index (κ2) is 5.71. The van der Waals surface area contributed by atoms with Crippen LogP contribution in [0.25, 0.3) is 0 Å². The molecule has 0 bridgehead atoms. The molecule has 0 spiro atoms. The normalized spacial score (nSPS) is 11.7. The fourth-order valence-corrected chi connectivity index (χ4v) is 0.594. The third-order valence-electron chi connectivity index (χ3n) is 0.957. The highest BCUT2D eigenvalue weighted by atomic mass is 16.6. The number of nitrogens with one attached hydrogen (secondary N) is 1. The molecule has 0 fully saturated rings. The summed E-state index contributed by atoms with van der Waals surface area (Å²) in [6.07, 6.45) is 4.89. The lowest BCUT2D eigenvalue weighted by Gasteiger charge is -2.14. The van der Waals surface area contributed by atoms with E-state index in [4.69, 9.17) is 16.9 Å². The Balaban J connectivity index is 3.70. The van der Waals surface area contributed by atoms with Gasteiger partial charge in [-0.2, -0.15) is 0 Å². The van der Waals surface area contributed by atoms with E-state index in [-0.39, 0.29) is 12.6 Å². The summed E-state index contributed by atoms with van der Waals surface area (Å²) in [4.78, 5) is 10.4. The molecule has 0 rings (SSSR count). The quantitative estimate of drug-likeness (QED) is 0.324. The van der Waals surface area contributed by atoms with E-state index in [0.717, 1.165) is 0 Å². The first-order chi connectivity index (χ1) is 5.20. The van der Waals surface area contributed by atoms with E-state index in [1.165, 1.54) is 6.92 Å². The van der Waals surface area contributed by atoms with Crippen LogP contribution in [0.3, 0.4) is 0 Å². The van der Waals surface area contributed by atoms with Gasteiger partial charge in [-0.15, -0.1) is 12.3 Å². The first kappa shape index (κ1) is 9.95. The van der Waals surface area contributed by atoms with Crippen LogP contribution in [-0.2, 0) is 9.53 Å². The van der Waals surface area contributed by atoms with Gasteiger partial charge < -0.3 is 10.5 Å². The number of carbonyl (C=O) groups excluding carboxylic acids is 1. The van der Waals surface area contributed by atoms with E-state index in [2.05, 4.69) is 11.2 Å². The average molecular weight is 156 g/mol. The number of ether oxygens (including phenoxy) is 1. The fourth-order valence-electron chi connectivity index (χ4n) is 0.594. The molecule has 1 atom stereocenters. The highest BCUT2D eigenvalue weighted by Crippen LogP contribution is 1.92. The van der Waals surface area contributed by atoms with E-state index < -0.39 is 6.23 Å². The van der Waals surface area contributed by atoms with Gasteiger partial charge in [0.25, 0.3) is 0 Å². The second-order valence-electron chi connectivity index (χ2n) is 1.91. The summed E-state index contributed by atoms with van der Waals surface area (Å²) in [5, 5.41) is 2.71. The molecule has 0 saturated heterocycles. The summed E-state index contributed by atoms with van der Waals surface area (Å²) in [7, 11) is 0. The summed E-state index contributed by atoms with van der Waals surface area (Å²) in [5.74, 6) is 1.99. The van der Waals surface area contributed by atoms with Gasteiger partial charge in [-0.1, -0.05) is 0 Å². The molecule has 4 nitrogen and oxygen atoms in total. The van der Waals surface area contributed by atoms with E-state index in [1.807, 2.05) is 0 Å². The molecule has 0 aliphatic rings. The first-order valence-electron chi connectivity index (χ1n) is 3.24. The summed E-state index contributed by atoms with van der Waals surface area (Å²) < 4.78 is 4.76. The third-order valence-corrected chi connectivity index (χ3v) is 0.957. The molecule has 0 aromatic carbocycles. The van der Waals surface area contributed by atoms with E-state index in [1.54, 1.807) is 0 Å². The molecule has 62 valence electrons. The van der Waals surface area contributed by atoms with Gasteiger partial charge in [-0.25, -0.2) is 0 Å². The highest BCUT2D eigenvalue weighted by molar-refractivity contribution is 5.66. The summed E-state index contributed by atoms with van der Waals surface area (Å²) in [5.41, 5.74) is 5.16. The number of esters is 1. The fraction of sp³-hybridized carbons (Fsp3) is 0.571. The number of hydrogen-bond acceptors (Lipinski definition) is 4. The van der Waals surface area contributed by atoms with Crippen molar-refractivity contribution in [3.8, 4) is 12.3 Å². The van der Waals surface area contributed by atoms with Crippen LogP contribution < -0.4 is 11.1 Å². The Morgan fingerprint density at radius 1 is 1.91 bits per heavy atom. The van der Waals surface area contributed by atoms with Crippen LogP contribution >= 0.6 is 0 Å². The number of terminal acetylenes is 1. The smallest absolute Gasteiger partial charge is 0.304 e. The molecule has 0 aliphatic heterocycles. The minimum atomic E-state index is -0.456. The highest BCUT2D eigenvalue weighted by Gasteiger charge is 2.07. The Labute approximate surface area is 66.1 Å². The monoisotopic (exact) mass is 156 g/mol. The average Bonchev–Trinajstić information content (AvgIpc) is 1.87. The number of carbonyl (C=O) groups is 1. The molecule has 0 radical (unpaired) electrons. The largest absolute Gasteiger partial charge is 0.446 e. The van der Waals surface area contributed by atoms with Gasteiger partial charge >= 0.3 is 5.97 Å². The van der Waals surface area contributed by atoms with Crippen LogP contribution in [0.15, 0.2) is 0 Å². The zero-order chi connectivity index (χ0) is 8.69. The molecule has 0 heterocycles. The van der Waals surface area contributed by atoms with Gasteiger partial charge in [0.15, 0.2) is 6.23 Å². The molecule has 0 saturated carbocycles. The van der Waals surface area contributed by atoms with Crippen molar-refractivity contribution in [1.29, 1.82) is 0 Å². The SMILES string of the molecule is C#CCC(NCN)OC(C)=O. The Kier molecular flexibility index (Phi) is 5.17. The van der Waals surface area contributed by atoms with Crippen LogP contribution in [-0.4, -0.2) is 18.9 Å². The lowest BCUT2D eigenvalue weighted by molar-refractivity contribution is -0.147. The van der Waals surface area contributed by atoms with Crippen LogP contribution in [0.2, 0.25) is 0 Å². The maximum Gasteiger partial charge on any atom is 0.304 e. The first-order valence-corrected chi connectivity index (χ1v) is 3.24. The van der Waals surface area contributed by atoms with Crippen molar-refractivity contribution in [2.45, 2.75) is 19.6 Å².